The minimum absolute atomic E-state index is 0.141. The molecule has 0 bridgehead atoms. The van der Waals surface area contributed by atoms with E-state index in [1.165, 1.54) is 0 Å². The Morgan fingerprint density at radius 2 is 1.90 bits per heavy atom. The van der Waals surface area contributed by atoms with Crippen molar-refractivity contribution in [2.24, 2.45) is 5.92 Å². The minimum Gasteiger partial charge on any atom is -0.497 e. The second kappa shape index (κ2) is 8.51. The summed E-state index contributed by atoms with van der Waals surface area (Å²) in [6, 6.07) is 10.1. The second-order valence-corrected chi connectivity index (χ2v) is 8.86. The number of carbonyl (C=O) groups excluding carboxylic acids is 1. The quantitative estimate of drug-likeness (QED) is 0.708. The third-order valence-electron chi connectivity index (χ3n) is 5.09. The Labute approximate surface area is 170 Å². The van der Waals surface area contributed by atoms with Gasteiger partial charge in [-0.1, -0.05) is 6.92 Å². The third-order valence-corrected chi connectivity index (χ3v) is 6.64. The fraction of sp³-hybridized carbons (Fsp3) is 0.381. The van der Waals surface area contributed by atoms with Gasteiger partial charge in [0, 0.05) is 18.3 Å². The lowest BCUT2D eigenvalue weighted by Crippen LogP contribution is -2.40. The molecule has 1 unspecified atom stereocenters. The maximum Gasteiger partial charge on any atom is 0.261 e. The van der Waals surface area contributed by atoms with Gasteiger partial charge in [0.25, 0.3) is 5.91 Å². The van der Waals surface area contributed by atoms with Crippen LogP contribution in [0.3, 0.4) is 0 Å². The molecule has 1 aliphatic rings. The van der Waals surface area contributed by atoms with E-state index in [4.69, 9.17) is 4.74 Å². The van der Waals surface area contributed by atoms with Crippen molar-refractivity contribution in [2.75, 3.05) is 18.6 Å². The number of rotatable bonds is 8. The zero-order chi connectivity index (χ0) is 21.2. The molecule has 29 heavy (non-hydrogen) atoms. The lowest BCUT2D eigenvalue weighted by Gasteiger charge is -2.30. The number of methoxy groups -OCH3 is 1. The van der Waals surface area contributed by atoms with Crippen molar-refractivity contribution >= 4 is 21.6 Å². The maximum absolute atomic E-state index is 14.6. The lowest BCUT2D eigenvalue weighted by atomic mass is 10.1. The van der Waals surface area contributed by atoms with Crippen molar-refractivity contribution < 1.29 is 22.3 Å². The summed E-state index contributed by atoms with van der Waals surface area (Å²) in [5.74, 6) is -0.351. The Kier molecular flexibility index (Phi) is 6.24. The van der Waals surface area contributed by atoms with Crippen molar-refractivity contribution in [3.05, 3.63) is 53.8 Å². The van der Waals surface area contributed by atoms with Gasteiger partial charge in [0.1, 0.15) is 11.6 Å². The van der Waals surface area contributed by atoms with Gasteiger partial charge in [-0.3, -0.25) is 4.79 Å². The molecule has 1 fully saturated rings. The molecule has 0 spiro atoms. The van der Waals surface area contributed by atoms with Crippen LogP contribution in [0.1, 0.15) is 37.0 Å². The first-order chi connectivity index (χ1) is 13.8. The van der Waals surface area contributed by atoms with Crippen molar-refractivity contribution in [1.82, 2.24) is 4.72 Å². The Balaban J connectivity index is 2.03. The minimum atomic E-state index is -3.81. The van der Waals surface area contributed by atoms with Crippen LogP contribution in [-0.4, -0.2) is 34.0 Å². The molecule has 1 atom stereocenters. The van der Waals surface area contributed by atoms with Crippen LogP contribution in [0.15, 0.2) is 47.4 Å². The molecule has 0 aromatic heterocycles. The molecular weight excluding hydrogens is 395 g/mol. The van der Waals surface area contributed by atoms with E-state index in [0.29, 0.717) is 17.4 Å². The molecule has 1 saturated carbocycles. The van der Waals surface area contributed by atoms with Crippen LogP contribution in [0, 0.1) is 11.7 Å². The molecule has 0 heterocycles. The number of nitrogens with one attached hydrogen (secondary N) is 1. The molecule has 0 aliphatic heterocycles. The number of ether oxygens (including phenoxy) is 1. The zero-order valence-electron chi connectivity index (χ0n) is 16.7. The highest BCUT2D eigenvalue weighted by molar-refractivity contribution is 7.89. The fourth-order valence-electron chi connectivity index (χ4n) is 3.31. The molecule has 1 aliphatic carbocycles. The smallest absolute Gasteiger partial charge is 0.261 e. The first kappa shape index (κ1) is 21.3. The summed E-state index contributed by atoms with van der Waals surface area (Å²) < 4.78 is 46.7. The zero-order valence-corrected chi connectivity index (χ0v) is 17.5. The number of benzene rings is 2. The van der Waals surface area contributed by atoms with E-state index in [1.54, 1.807) is 43.2 Å². The average Bonchev–Trinajstić information content (AvgIpc) is 3.54. The number of halogens is 1. The third kappa shape index (κ3) is 4.59. The second-order valence-electron chi connectivity index (χ2n) is 7.09. The van der Waals surface area contributed by atoms with Crippen LogP contribution in [-0.2, 0) is 10.0 Å². The van der Waals surface area contributed by atoms with Gasteiger partial charge in [-0.25, -0.2) is 17.5 Å². The van der Waals surface area contributed by atoms with Crippen LogP contribution in [0.5, 0.6) is 5.75 Å². The van der Waals surface area contributed by atoms with Gasteiger partial charge >= 0.3 is 0 Å². The van der Waals surface area contributed by atoms with Crippen molar-refractivity contribution in [1.29, 1.82) is 0 Å². The number of nitrogens with zero attached hydrogens (tertiary/aromatic N) is 1. The van der Waals surface area contributed by atoms with Crippen molar-refractivity contribution in [3.8, 4) is 5.75 Å². The molecule has 1 amide bonds. The molecule has 2 aromatic carbocycles. The van der Waals surface area contributed by atoms with Gasteiger partial charge in [0.05, 0.1) is 17.6 Å². The van der Waals surface area contributed by atoms with E-state index in [2.05, 4.69) is 4.72 Å². The summed E-state index contributed by atoms with van der Waals surface area (Å²) in [5.41, 5.74) is 0.335. The van der Waals surface area contributed by atoms with Gasteiger partial charge in [-0.05, 0) is 68.1 Å². The molecule has 2 aromatic rings. The summed E-state index contributed by atoms with van der Waals surface area (Å²) in [4.78, 5) is 14.8. The lowest BCUT2D eigenvalue weighted by molar-refractivity contribution is 0.0971. The molecule has 8 heteroatoms. The highest BCUT2D eigenvalue weighted by atomic mass is 32.2. The summed E-state index contributed by atoms with van der Waals surface area (Å²) in [6.07, 6.45) is 2.00. The Morgan fingerprint density at radius 3 is 2.45 bits per heavy atom. The van der Waals surface area contributed by atoms with Gasteiger partial charge in [0.15, 0.2) is 0 Å². The normalized spacial score (nSPS) is 15.0. The van der Waals surface area contributed by atoms with Gasteiger partial charge in [-0.2, -0.15) is 0 Å². The fourth-order valence-corrected chi connectivity index (χ4v) is 4.38. The van der Waals surface area contributed by atoms with Crippen LogP contribution in [0.4, 0.5) is 10.1 Å². The number of hydrogen-bond donors (Lipinski definition) is 1. The van der Waals surface area contributed by atoms with E-state index in [9.17, 15) is 17.6 Å². The molecule has 3 rings (SSSR count). The van der Waals surface area contributed by atoms with Gasteiger partial charge < -0.3 is 9.64 Å². The number of hydrogen-bond acceptors (Lipinski definition) is 4. The number of anilines is 1. The monoisotopic (exact) mass is 420 g/mol. The summed E-state index contributed by atoms with van der Waals surface area (Å²) in [7, 11) is -2.26. The Bertz CT molecular complexity index is 988. The molecule has 1 N–H and O–H groups in total. The highest BCUT2D eigenvalue weighted by Crippen LogP contribution is 2.38. The van der Waals surface area contributed by atoms with Crippen molar-refractivity contribution in [3.63, 3.8) is 0 Å². The van der Waals surface area contributed by atoms with Crippen LogP contribution in [0.2, 0.25) is 0 Å². The molecule has 156 valence electrons. The highest BCUT2D eigenvalue weighted by Gasteiger charge is 2.36. The predicted molar refractivity (Wildman–Crippen MR) is 109 cm³/mol. The van der Waals surface area contributed by atoms with Crippen LogP contribution < -0.4 is 14.4 Å². The van der Waals surface area contributed by atoms with E-state index in [1.807, 2.05) is 6.92 Å². The largest absolute Gasteiger partial charge is 0.497 e. The average molecular weight is 421 g/mol. The van der Waals surface area contributed by atoms with E-state index in [-0.39, 0.29) is 23.0 Å². The number of sulfonamides is 1. The summed E-state index contributed by atoms with van der Waals surface area (Å²) in [5, 5.41) is 0. The van der Waals surface area contributed by atoms with E-state index < -0.39 is 21.7 Å². The van der Waals surface area contributed by atoms with Gasteiger partial charge in [-0.15, -0.1) is 0 Å². The number of amides is 1. The van der Waals surface area contributed by atoms with Gasteiger partial charge in [0.2, 0.25) is 10.0 Å². The summed E-state index contributed by atoms with van der Waals surface area (Å²) in [6.45, 7) is 3.77. The maximum atomic E-state index is 14.6. The Morgan fingerprint density at radius 1 is 1.24 bits per heavy atom. The molecular formula is C21H25FN2O4S. The first-order valence-electron chi connectivity index (χ1n) is 9.55. The Hall–Kier alpha value is -2.45. The number of carbonyl (C=O) groups is 1. The first-order valence-corrected chi connectivity index (χ1v) is 11.0. The van der Waals surface area contributed by atoms with Crippen LogP contribution in [0.25, 0.3) is 0 Å². The predicted octanol–water partition coefficient (Wildman–Crippen LogP) is 3.58. The van der Waals surface area contributed by atoms with Crippen molar-refractivity contribution in [2.45, 2.75) is 37.6 Å². The van der Waals surface area contributed by atoms with Crippen LogP contribution >= 0.6 is 0 Å². The standard InChI is InChI=1S/C21H25FN2O4S/c1-4-23-29(26,27)18-11-12-20(22)19(13-18)21(25)24(14(2)15-5-6-15)16-7-9-17(28-3)10-8-16/h7-15,23H,4-6H2,1-3H3. The summed E-state index contributed by atoms with van der Waals surface area (Å²) >= 11 is 0. The van der Waals surface area contributed by atoms with E-state index >= 15 is 0 Å². The molecule has 0 radical (unpaired) electrons. The molecule has 0 saturated heterocycles. The SMILES string of the molecule is CCNS(=O)(=O)c1ccc(F)c(C(=O)N(c2ccc(OC)cc2)C(C)C2CC2)c1. The topological polar surface area (TPSA) is 75.7 Å². The van der Waals surface area contributed by atoms with E-state index in [0.717, 1.165) is 31.0 Å². The molecule has 6 nitrogen and oxygen atoms in total.